The van der Waals surface area contributed by atoms with Crippen LogP contribution in [-0.4, -0.2) is 27.8 Å². The van der Waals surface area contributed by atoms with E-state index < -0.39 is 5.60 Å². The molecule has 2 rings (SSSR count). The molecule has 4 heteroatoms. The van der Waals surface area contributed by atoms with E-state index >= 15 is 0 Å². The Kier molecular flexibility index (Phi) is 6.50. The SMILES string of the molecule is CC(C)[C@@H]1CC[C@@H](C)C[C@@]1(O)C(=O)N[C@@H](C)CCc1ccc(O)cc1. The molecule has 1 amide bonds. The van der Waals surface area contributed by atoms with Crippen molar-refractivity contribution in [1.82, 2.24) is 5.32 Å². The highest BCUT2D eigenvalue weighted by Gasteiger charge is 2.48. The number of aryl methyl sites for hydroxylation is 1. The zero-order valence-electron chi connectivity index (χ0n) is 16.0. The summed E-state index contributed by atoms with van der Waals surface area (Å²) in [5, 5.41) is 23.5. The molecule has 1 aliphatic carbocycles. The van der Waals surface area contributed by atoms with Gasteiger partial charge in [-0.1, -0.05) is 39.3 Å². The number of nitrogens with one attached hydrogen (secondary N) is 1. The molecule has 25 heavy (non-hydrogen) atoms. The fourth-order valence-electron chi connectivity index (χ4n) is 4.10. The number of aromatic hydroxyl groups is 1. The van der Waals surface area contributed by atoms with Crippen LogP contribution in [0.2, 0.25) is 0 Å². The maximum absolute atomic E-state index is 12.9. The molecule has 4 nitrogen and oxygen atoms in total. The second kappa shape index (κ2) is 8.22. The normalized spacial score (nSPS) is 27.9. The van der Waals surface area contributed by atoms with Crippen LogP contribution in [0.4, 0.5) is 0 Å². The van der Waals surface area contributed by atoms with E-state index in [0.29, 0.717) is 12.3 Å². The van der Waals surface area contributed by atoms with Gasteiger partial charge >= 0.3 is 0 Å². The third-order valence-electron chi connectivity index (χ3n) is 5.62. The topological polar surface area (TPSA) is 69.6 Å². The smallest absolute Gasteiger partial charge is 0.252 e. The quantitative estimate of drug-likeness (QED) is 0.735. The van der Waals surface area contributed by atoms with Crippen molar-refractivity contribution < 1.29 is 15.0 Å². The zero-order chi connectivity index (χ0) is 18.6. The summed E-state index contributed by atoms with van der Waals surface area (Å²) in [5.74, 6) is 0.732. The zero-order valence-corrected chi connectivity index (χ0v) is 16.0. The summed E-state index contributed by atoms with van der Waals surface area (Å²) in [6, 6.07) is 7.15. The third-order valence-corrected chi connectivity index (χ3v) is 5.62. The second-order valence-corrected chi connectivity index (χ2v) is 8.24. The van der Waals surface area contributed by atoms with Gasteiger partial charge in [0.1, 0.15) is 11.4 Å². The van der Waals surface area contributed by atoms with E-state index in [2.05, 4.69) is 26.1 Å². The van der Waals surface area contributed by atoms with Crippen LogP contribution in [0.1, 0.15) is 58.9 Å². The summed E-state index contributed by atoms with van der Waals surface area (Å²) in [6.07, 6.45) is 4.16. The number of amides is 1. The lowest BCUT2D eigenvalue weighted by Crippen LogP contribution is -2.57. The number of carbonyl (C=O) groups excluding carboxylic acids is 1. The highest BCUT2D eigenvalue weighted by Crippen LogP contribution is 2.41. The molecule has 140 valence electrons. The largest absolute Gasteiger partial charge is 0.508 e. The van der Waals surface area contributed by atoms with Crippen LogP contribution < -0.4 is 5.32 Å². The summed E-state index contributed by atoms with van der Waals surface area (Å²) < 4.78 is 0. The van der Waals surface area contributed by atoms with E-state index in [-0.39, 0.29) is 29.5 Å². The molecule has 3 N–H and O–H groups in total. The molecule has 1 saturated carbocycles. The van der Waals surface area contributed by atoms with Gasteiger partial charge in [0.25, 0.3) is 5.91 Å². The number of aliphatic hydroxyl groups is 1. The van der Waals surface area contributed by atoms with Gasteiger partial charge in [0, 0.05) is 6.04 Å². The van der Waals surface area contributed by atoms with E-state index in [4.69, 9.17) is 0 Å². The standard InChI is InChI=1S/C21H33NO3/c1-14(2)19-12-5-15(3)13-21(19,25)20(24)22-16(4)6-7-17-8-10-18(23)11-9-17/h8-11,14-16,19,23,25H,5-7,12-13H2,1-4H3,(H,22,24)/t15-,16+,19+,21+/m1/s1. The van der Waals surface area contributed by atoms with E-state index in [1.807, 2.05) is 19.1 Å². The first-order valence-corrected chi connectivity index (χ1v) is 9.53. The lowest BCUT2D eigenvalue weighted by molar-refractivity contribution is -0.156. The van der Waals surface area contributed by atoms with Gasteiger partial charge in [-0.3, -0.25) is 4.79 Å². The lowest BCUT2D eigenvalue weighted by Gasteiger charge is -2.43. The van der Waals surface area contributed by atoms with Gasteiger partial charge < -0.3 is 15.5 Å². The van der Waals surface area contributed by atoms with Crippen molar-refractivity contribution in [3.05, 3.63) is 29.8 Å². The minimum atomic E-state index is -1.25. The molecular weight excluding hydrogens is 314 g/mol. The van der Waals surface area contributed by atoms with Gasteiger partial charge in [0.05, 0.1) is 0 Å². The van der Waals surface area contributed by atoms with E-state index in [0.717, 1.165) is 31.2 Å². The number of carbonyl (C=O) groups is 1. The summed E-state index contributed by atoms with van der Waals surface area (Å²) in [6.45, 7) is 8.28. The maximum Gasteiger partial charge on any atom is 0.252 e. The molecule has 0 heterocycles. The molecule has 0 bridgehead atoms. The molecule has 0 aromatic heterocycles. The van der Waals surface area contributed by atoms with Crippen LogP contribution in [0.15, 0.2) is 24.3 Å². The minimum absolute atomic E-state index is 0.00428. The first-order valence-electron chi connectivity index (χ1n) is 9.53. The van der Waals surface area contributed by atoms with Crippen LogP contribution in [-0.2, 0) is 11.2 Å². The third kappa shape index (κ3) is 4.97. The molecule has 0 aliphatic heterocycles. The number of benzene rings is 1. The van der Waals surface area contributed by atoms with Gasteiger partial charge in [-0.2, -0.15) is 0 Å². The van der Waals surface area contributed by atoms with Crippen molar-refractivity contribution in [3.8, 4) is 5.75 Å². The summed E-state index contributed by atoms with van der Waals surface area (Å²) >= 11 is 0. The van der Waals surface area contributed by atoms with Crippen LogP contribution in [0.5, 0.6) is 5.75 Å². The first-order chi connectivity index (χ1) is 11.7. The minimum Gasteiger partial charge on any atom is -0.508 e. The Morgan fingerprint density at radius 1 is 1.24 bits per heavy atom. The van der Waals surface area contributed by atoms with Crippen LogP contribution in [0, 0.1) is 17.8 Å². The highest BCUT2D eigenvalue weighted by molar-refractivity contribution is 5.85. The molecule has 0 radical (unpaired) electrons. The predicted octanol–water partition coefficient (Wildman–Crippen LogP) is 3.65. The number of rotatable bonds is 6. The summed E-state index contributed by atoms with van der Waals surface area (Å²) in [5.41, 5.74) is -0.123. The van der Waals surface area contributed by atoms with Crippen molar-refractivity contribution in [2.24, 2.45) is 17.8 Å². The monoisotopic (exact) mass is 347 g/mol. The fourth-order valence-corrected chi connectivity index (χ4v) is 4.10. The van der Waals surface area contributed by atoms with Gasteiger partial charge in [0.2, 0.25) is 0 Å². The van der Waals surface area contributed by atoms with E-state index in [1.54, 1.807) is 12.1 Å². The average molecular weight is 347 g/mol. The Balaban J connectivity index is 1.95. The van der Waals surface area contributed by atoms with Crippen molar-refractivity contribution in [1.29, 1.82) is 0 Å². The maximum atomic E-state index is 12.9. The molecule has 1 aromatic carbocycles. The fraction of sp³-hybridized carbons (Fsp3) is 0.667. The van der Waals surface area contributed by atoms with Crippen molar-refractivity contribution in [2.45, 2.75) is 71.4 Å². The van der Waals surface area contributed by atoms with Crippen molar-refractivity contribution in [3.63, 3.8) is 0 Å². The summed E-state index contributed by atoms with van der Waals surface area (Å²) in [7, 11) is 0. The predicted molar refractivity (Wildman–Crippen MR) is 100 cm³/mol. The van der Waals surface area contributed by atoms with Crippen LogP contribution in [0.3, 0.4) is 0 Å². The van der Waals surface area contributed by atoms with E-state index in [9.17, 15) is 15.0 Å². The lowest BCUT2D eigenvalue weighted by atomic mass is 9.66. The molecule has 1 fully saturated rings. The number of hydrogen-bond acceptors (Lipinski definition) is 3. The van der Waals surface area contributed by atoms with Gasteiger partial charge in [-0.15, -0.1) is 0 Å². The van der Waals surface area contributed by atoms with Crippen LogP contribution >= 0.6 is 0 Å². The Labute approximate surface area is 151 Å². The second-order valence-electron chi connectivity index (χ2n) is 8.24. The van der Waals surface area contributed by atoms with Crippen molar-refractivity contribution >= 4 is 5.91 Å². The molecule has 0 unspecified atom stereocenters. The Hall–Kier alpha value is -1.55. The van der Waals surface area contributed by atoms with Gasteiger partial charge in [-0.25, -0.2) is 0 Å². The van der Waals surface area contributed by atoms with Crippen LogP contribution in [0.25, 0.3) is 0 Å². The van der Waals surface area contributed by atoms with Crippen molar-refractivity contribution in [2.75, 3.05) is 0 Å². The highest BCUT2D eigenvalue weighted by atomic mass is 16.3. The Morgan fingerprint density at radius 3 is 2.48 bits per heavy atom. The molecule has 4 atom stereocenters. The van der Waals surface area contributed by atoms with Gasteiger partial charge in [0.15, 0.2) is 0 Å². The van der Waals surface area contributed by atoms with E-state index in [1.165, 1.54) is 0 Å². The molecule has 1 aromatic rings. The summed E-state index contributed by atoms with van der Waals surface area (Å²) in [4.78, 5) is 12.9. The van der Waals surface area contributed by atoms with Gasteiger partial charge in [-0.05, 0) is 68.1 Å². The Morgan fingerprint density at radius 2 is 1.88 bits per heavy atom. The molecule has 1 aliphatic rings. The molecular formula is C21H33NO3. The average Bonchev–Trinajstić information content (AvgIpc) is 2.53. The number of phenolic OH excluding ortho intramolecular Hbond substituents is 1. The first kappa shape index (κ1) is 19.8. The number of hydrogen-bond donors (Lipinski definition) is 3. The number of phenols is 1. The molecule has 0 spiro atoms. The molecule has 0 saturated heterocycles. The Bertz CT molecular complexity index is 569.